The highest BCUT2D eigenvalue weighted by molar-refractivity contribution is 7.92. The Balaban J connectivity index is 2.29. The molecule has 0 unspecified atom stereocenters. The lowest BCUT2D eigenvalue weighted by Gasteiger charge is -2.19. The van der Waals surface area contributed by atoms with Crippen molar-refractivity contribution in [3.05, 3.63) is 36.2 Å². The summed E-state index contributed by atoms with van der Waals surface area (Å²) in [6.45, 7) is 5.23. The van der Waals surface area contributed by atoms with Gasteiger partial charge in [-0.05, 0) is 20.8 Å². The molecule has 1 aromatic carbocycles. The number of benzene rings is 1. The molecule has 0 atom stereocenters. The van der Waals surface area contributed by atoms with Gasteiger partial charge in [0.25, 0.3) is 0 Å². The zero-order valence-corrected chi connectivity index (χ0v) is 16.3. The maximum atomic E-state index is 11.9. The number of nitrogens with one attached hydrogen (secondary N) is 1. The molecule has 0 bridgehead atoms. The third-order valence-corrected chi connectivity index (χ3v) is 4.44. The van der Waals surface area contributed by atoms with Gasteiger partial charge in [-0.3, -0.25) is 4.31 Å². The lowest BCUT2D eigenvalue weighted by molar-refractivity contribution is 0.0519. The summed E-state index contributed by atoms with van der Waals surface area (Å²) in [6, 6.07) is 9.02. The predicted molar refractivity (Wildman–Crippen MR) is 98.3 cm³/mol. The lowest BCUT2D eigenvalue weighted by atomic mass is 10.2. The molecule has 9 heteroatoms. The van der Waals surface area contributed by atoms with Gasteiger partial charge >= 0.3 is 6.09 Å². The number of oxazole rings is 1. The van der Waals surface area contributed by atoms with E-state index in [0.717, 1.165) is 10.6 Å². The summed E-state index contributed by atoms with van der Waals surface area (Å²) in [5.41, 5.74) is 0.0476. The van der Waals surface area contributed by atoms with Gasteiger partial charge in [-0.2, -0.15) is 4.98 Å². The van der Waals surface area contributed by atoms with Crippen molar-refractivity contribution in [2.75, 3.05) is 17.6 Å². The Morgan fingerprint density at radius 2 is 1.88 bits per heavy atom. The first-order valence-electron chi connectivity index (χ1n) is 7.93. The minimum Gasteiger partial charge on any atom is -0.444 e. The summed E-state index contributed by atoms with van der Waals surface area (Å²) < 4.78 is 35.7. The molecule has 0 radical (unpaired) electrons. The molecule has 26 heavy (non-hydrogen) atoms. The summed E-state index contributed by atoms with van der Waals surface area (Å²) in [6.07, 6.45) is 0.463. The topological polar surface area (TPSA) is 102 Å². The largest absolute Gasteiger partial charge is 0.444 e. The number of hydrogen-bond acceptors (Lipinski definition) is 6. The van der Waals surface area contributed by atoms with Crippen LogP contribution in [-0.2, 0) is 21.3 Å². The van der Waals surface area contributed by atoms with E-state index >= 15 is 0 Å². The molecular formula is C17H23N3O5S. The molecule has 0 aliphatic heterocycles. The van der Waals surface area contributed by atoms with Gasteiger partial charge in [0, 0.05) is 12.6 Å². The predicted octanol–water partition coefficient (Wildman–Crippen LogP) is 2.76. The first kappa shape index (κ1) is 19.8. The Hall–Kier alpha value is -2.55. The van der Waals surface area contributed by atoms with Crippen molar-refractivity contribution >= 4 is 21.9 Å². The third-order valence-electron chi connectivity index (χ3n) is 3.27. The fourth-order valence-electron chi connectivity index (χ4n) is 2.04. The zero-order chi connectivity index (χ0) is 19.5. The monoisotopic (exact) mass is 381 g/mol. The molecular weight excluding hydrogens is 358 g/mol. The van der Waals surface area contributed by atoms with E-state index < -0.39 is 21.7 Å². The van der Waals surface area contributed by atoms with Gasteiger partial charge in [0.1, 0.15) is 5.60 Å². The van der Waals surface area contributed by atoms with Gasteiger partial charge in [0.2, 0.25) is 15.9 Å². The van der Waals surface area contributed by atoms with Crippen molar-refractivity contribution in [2.24, 2.45) is 0 Å². The van der Waals surface area contributed by atoms with Crippen LogP contribution < -0.4 is 9.62 Å². The van der Waals surface area contributed by atoms with Crippen LogP contribution in [0.5, 0.6) is 0 Å². The quantitative estimate of drug-likeness (QED) is 0.854. The van der Waals surface area contributed by atoms with Crippen LogP contribution in [0.4, 0.5) is 10.6 Å². The number of aromatic nitrogens is 1. The Kier molecular flexibility index (Phi) is 5.60. The van der Waals surface area contributed by atoms with Crippen LogP contribution >= 0.6 is 0 Å². The molecule has 0 spiro atoms. The molecule has 1 N–H and O–H groups in total. The number of amides is 1. The highest BCUT2D eigenvalue weighted by Gasteiger charge is 2.24. The van der Waals surface area contributed by atoms with Crippen molar-refractivity contribution in [3.8, 4) is 11.3 Å². The lowest BCUT2D eigenvalue weighted by Crippen LogP contribution is -2.32. The van der Waals surface area contributed by atoms with Crippen molar-refractivity contribution in [2.45, 2.75) is 32.9 Å². The number of carbonyl (C=O) groups is 1. The van der Waals surface area contributed by atoms with E-state index in [4.69, 9.17) is 9.15 Å². The van der Waals surface area contributed by atoms with Crippen molar-refractivity contribution in [3.63, 3.8) is 0 Å². The molecule has 8 nitrogen and oxygen atoms in total. The van der Waals surface area contributed by atoms with Crippen molar-refractivity contribution < 1.29 is 22.4 Å². The van der Waals surface area contributed by atoms with E-state index in [1.165, 1.54) is 7.05 Å². The van der Waals surface area contributed by atoms with E-state index in [2.05, 4.69) is 10.3 Å². The number of anilines is 1. The van der Waals surface area contributed by atoms with Crippen LogP contribution in [0, 0.1) is 0 Å². The summed E-state index contributed by atoms with van der Waals surface area (Å²) in [7, 11) is -2.14. The number of alkyl carbamates (subject to hydrolysis) is 1. The Morgan fingerprint density at radius 3 is 2.42 bits per heavy atom. The van der Waals surface area contributed by atoms with Crippen LogP contribution in [0.15, 0.2) is 34.7 Å². The van der Waals surface area contributed by atoms with E-state index in [0.29, 0.717) is 11.3 Å². The average molecular weight is 381 g/mol. The molecule has 0 fully saturated rings. The van der Waals surface area contributed by atoms with E-state index in [9.17, 15) is 13.2 Å². The number of carbonyl (C=O) groups excluding carboxylic acids is 1. The average Bonchev–Trinajstić information content (AvgIpc) is 2.94. The normalized spacial score (nSPS) is 11.9. The molecule has 2 rings (SSSR count). The van der Waals surface area contributed by atoms with Gasteiger partial charge in [0.05, 0.1) is 12.8 Å². The molecule has 142 valence electrons. The summed E-state index contributed by atoms with van der Waals surface area (Å²) in [5.74, 6) is 0.624. The second-order valence-electron chi connectivity index (χ2n) is 6.71. The zero-order valence-electron chi connectivity index (χ0n) is 15.4. The Labute approximate surface area is 153 Å². The SMILES string of the molecule is CN(c1nc(CNC(=O)OC(C)(C)C)oc1-c1ccccc1)S(C)(=O)=O. The van der Waals surface area contributed by atoms with E-state index in [1.807, 2.05) is 6.07 Å². The fourth-order valence-corrected chi connectivity index (χ4v) is 2.48. The second-order valence-corrected chi connectivity index (χ2v) is 8.73. The molecule has 1 heterocycles. The van der Waals surface area contributed by atoms with Gasteiger partial charge in [-0.25, -0.2) is 13.2 Å². The van der Waals surface area contributed by atoms with Crippen LogP contribution in [-0.4, -0.2) is 38.4 Å². The van der Waals surface area contributed by atoms with E-state index in [1.54, 1.807) is 45.0 Å². The third kappa shape index (κ3) is 5.22. The number of ether oxygens (including phenoxy) is 1. The first-order valence-corrected chi connectivity index (χ1v) is 9.78. The second kappa shape index (κ2) is 7.36. The maximum absolute atomic E-state index is 11.9. The summed E-state index contributed by atoms with van der Waals surface area (Å²) >= 11 is 0. The summed E-state index contributed by atoms with van der Waals surface area (Å²) in [4.78, 5) is 16.0. The van der Waals surface area contributed by atoms with Crippen molar-refractivity contribution in [1.29, 1.82) is 0 Å². The van der Waals surface area contributed by atoms with Crippen LogP contribution in [0.2, 0.25) is 0 Å². The molecule has 0 aliphatic rings. The van der Waals surface area contributed by atoms with Crippen LogP contribution in [0.1, 0.15) is 26.7 Å². The molecule has 0 saturated heterocycles. The van der Waals surface area contributed by atoms with Crippen LogP contribution in [0.3, 0.4) is 0 Å². The van der Waals surface area contributed by atoms with Crippen LogP contribution in [0.25, 0.3) is 11.3 Å². The van der Waals surface area contributed by atoms with Gasteiger partial charge in [-0.1, -0.05) is 30.3 Å². The van der Waals surface area contributed by atoms with Crippen molar-refractivity contribution in [1.82, 2.24) is 10.3 Å². The van der Waals surface area contributed by atoms with Gasteiger partial charge in [-0.15, -0.1) is 0 Å². The Bertz CT molecular complexity index is 870. The first-order chi connectivity index (χ1) is 12.0. The number of hydrogen-bond donors (Lipinski definition) is 1. The van der Waals surface area contributed by atoms with E-state index in [-0.39, 0.29) is 18.3 Å². The highest BCUT2D eigenvalue weighted by Crippen LogP contribution is 2.32. The number of rotatable bonds is 5. The molecule has 1 amide bonds. The summed E-state index contributed by atoms with van der Waals surface area (Å²) in [5, 5.41) is 2.54. The molecule has 0 saturated carbocycles. The fraction of sp³-hybridized carbons (Fsp3) is 0.412. The maximum Gasteiger partial charge on any atom is 0.408 e. The minimum absolute atomic E-state index is 0.0354. The number of sulfonamides is 1. The minimum atomic E-state index is -3.53. The smallest absolute Gasteiger partial charge is 0.408 e. The van der Waals surface area contributed by atoms with Gasteiger partial charge in [0.15, 0.2) is 11.6 Å². The van der Waals surface area contributed by atoms with Gasteiger partial charge < -0.3 is 14.5 Å². The molecule has 0 aliphatic carbocycles. The number of nitrogens with zero attached hydrogens (tertiary/aromatic N) is 2. The highest BCUT2D eigenvalue weighted by atomic mass is 32.2. The molecule has 2 aromatic rings. The standard InChI is InChI=1S/C17H23N3O5S/c1-17(2,3)25-16(21)18-11-13-19-15(20(4)26(5,22)23)14(24-13)12-9-7-6-8-10-12/h6-10H,11H2,1-5H3,(H,18,21). The Morgan fingerprint density at radius 1 is 1.27 bits per heavy atom. The molecule has 1 aromatic heterocycles.